The summed E-state index contributed by atoms with van der Waals surface area (Å²) in [5.41, 5.74) is -0.0960. The first-order valence-corrected chi connectivity index (χ1v) is 9.00. The highest BCUT2D eigenvalue weighted by Gasteiger charge is 2.55. The molecule has 4 saturated heterocycles. The van der Waals surface area contributed by atoms with Gasteiger partial charge in [0.1, 0.15) is 6.10 Å². The Bertz CT molecular complexity index is 446. The number of fused-ring (bicyclic) bond motifs is 2. The molecule has 0 aromatic carbocycles. The van der Waals surface area contributed by atoms with E-state index in [1.807, 2.05) is 0 Å². The van der Waals surface area contributed by atoms with E-state index in [0.717, 1.165) is 45.3 Å². The molecule has 4 atom stereocenters. The largest absolute Gasteiger partial charge is 0.381 e. The third kappa shape index (κ3) is 3.05. The van der Waals surface area contributed by atoms with E-state index >= 15 is 0 Å². The molecule has 0 amide bonds. The van der Waals surface area contributed by atoms with Crippen LogP contribution in [0.3, 0.4) is 0 Å². The predicted octanol–water partition coefficient (Wildman–Crippen LogP) is 1.26. The molecule has 0 N–H and O–H groups in total. The van der Waals surface area contributed by atoms with Gasteiger partial charge in [0.2, 0.25) is 0 Å². The minimum Gasteiger partial charge on any atom is -0.381 e. The molecule has 0 aromatic heterocycles. The second-order valence-electron chi connectivity index (χ2n) is 7.82. The van der Waals surface area contributed by atoms with Gasteiger partial charge in [-0.15, -0.1) is 0 Å². The van der Waals surface area contributed by atoms with Crippen LogP contribution in [0.2, 0.25) is 0 Å². The highest BCUT2D eigenvalue weighted by atomic mass is 16.7. The smallest absolute Gasteiger partial charge is 0.171 e. The molecule has 6 heteroatoms. The van der Waals surface area contributed by atoms with Crippen molar-refractivity contribution >= 4 is 0 Å². The van der Waals surface area contributed by atoms with Crippen molar-refractivity contribution < 1.29 is 28.4 Å². The Morgan fingerprint density at radius 1 is 0.696 bits per heavy atom. The second-order valence-corrected chi connectivity index (χ2v) is 7.82. The highest BCUT2D eigenvalue weighted by molar-refractivity contribution is 4.99. The van der Waals surface area contributed by atoms with Crippen molar-refractivity contribution in [3.05, 3.63) is 0 Å². The normalized spacial score (nSPS) is 53.2. The fraction of sp³-hybridized carbons (Fsp3) is 1.00. The summed E-state index contributed by atoms with van der Waals surface area (Å²) >= 11 is 0. The van der Waals surface area contributed by atoms with Gasteiger partial charge in [-0.05, 0) is 19.3 Å². The molecule has 0 radical (unpaired) electrons. The van der Waals surface area contributed by atoms with Crippen LogP contribution < -0.4 is 0 Å². The summed E-state index contributed by atoms with van der Waals surface area (Å²) in [6.45, 7) is 4.19. The van der Waals surface area contributed by atoms with Crippen molar-refractivity contribution in [2.45, 2.75) is 62.3 Å². The zero-order valence-electron chi connectivity index (χ0n) is 13.5. The van der Waals surface area contributed by atoms with E-state index in [2.05, 4.69) is 0 Å². The number of rotatable bonds is 0. The van der Waals surface area contributed by atoms with E-state index in [1.54, 1.807) is 0 Å². The molecule has 4 unspecified atom stereocenters. The summed E-state index contributed by atoms with van der Waals surface area (Å²) in [5, 5.41) is 0. The molecular formula is C17H26O6. The third-order valence-electron chi connectivity index (χ3n) is 5.99. The topological polar surface area (TPSA) is 62.0 Å². The van der Waals surface area contributed by atoms with Crippen LogP contribution in [-0.4, -0.2) is 69.8 Å². The van der Waals surface area contributed by atoms with Gasteiger partial charge in [-0.25, -0.2) is 0 Å². The fourth-order valence-electron chi connectivity index (χ4n) is 4.16. The molecule has 5 fully saturated rings. The van der Waals surface area contributed by atoms with Crippen molar-refractivity contribution in [2.75, 3.05) is 39.6 Å². The summed E-state index contributed by atoms with van der Waals surface area (Å²) in [4.78, 5) is 0. The van der Waals surface area contributed by atoms with Crippen molar-refractivity contribution in [3.8, 4) is 0 Å². The van der Waals surface area contributed by atoms with Gasteiger partial charge in [-0.2, -0.15) is 0 Å². The molecule has 5 rings (SSSR count). The van der Waals surface area contributed by atoms with E-state index in [1.165, 1.54) is 0 Å². The molecule has 1 aliphatic carbocycles. The van der Waals surface area contributed by atoms with Gasteiger partial charge >= 0.3 is 0 Å². The Hall–Kier alpha value is -0.240. The van der Waals surface area contributed by atoms with Crippen LogP contribution in [0.4, 0.5) is 0 Å². The van der Waals surface area contributed by atoms with Gasteiger partial charge in [-0.1, -0.05) is 0 Å². The van der Waals surface area contributed by atoms with Crippen LogP contribution in [0.15, 0.2) is 0 Å². The zero-order valence-corrected chi connectivity index (χ0v) is 13.5. The predicted molar refractivity (Wildman–Crippen MR) is 79.1 cm³/mol. The lowest BCUT2D eigenvalue weighted by Crippen LogP contribution is -2.53. The highest BCUT2D eigenvalue weighted by Crippen LogP contribution is 2.47. The van der Waals surface area contributed by atoms with Gasteiger partial charge in [0.15, 0.2) is 5.79 Å². The van der Waals surface area contributed by atoms with Crippen LogP contribution >= 0.6 is 0 Å². The minimum atomic E-state index is -0.416. The molecule has 6 nitrogen and oxygen atoms in total. The van der Waals surface area contributed by atoms with Crippen molar-refractivity contribution in [2.24, 2.45) is 5.41 Å². The Labute approximate surface area is 136 Å². The van der Waals surface area contributed by atoms with Gasteiger partial charge < -0.3 is 28.4 Å². The average molecular weight is 326 g/mol. The first kappa shape index (κ1) is 15.0. The molecule has 2 spiro atoms. The fourth-order valence-corrected chi connectivity index (χ4v) is 4.16. The minimum absolute atomic E-state index is 0.0960. The SMILES string of the molecule is C1CC2OC2COCC2(CCO1)COC1(CCC3OC3C1)OC2. The van der Waals surface area contributed by atoms with Gasteiger partial charge in [0, 0.05) is 31.5 Å². The maximum atomic E-state index is 6.26. The summed E-state index contributed by atoms with van der Waals surface area (Å²) in [5.74, 6) is -0.416. The summed E-state index contributed by atoms with van der Waals surface area (Å²) in [6, 6.07) is 0. The molecule has 4 heterocycles. The molecular weight excluding hydrogens is 300 g/mol. The summed E-state index contributed by atoms with van der Waals surface area (Å²) < 4.78 is 35.5. The van der Waals surface area contributed by atoms with Crippen molar-refractivity contribution in [1.29, 1.82) is 0 Å². The van der Waals surface area contributed by atoms with Gasteiger partial charge in [0.25, 0.3) is 0 Å². The van der Waals surface area contributed by atoms with Crippen LogP contribution in [0, 0.1) is 5.41 Å². The van der Waals surface area contributed by atoms with E-state index in [0.29, 0.717) is 44.7 Å². The Morgan fingerprint density at radius 2 is 1.52 bits per heavy atom. The molecule has 0 bridgehead atoms. The molecule has 5 aliphatic rings. The van der Waals surface area contributed by atoms with Gasteiger partial charge in [-0.3, -0.25) is 0 Å². The quantitative estimate of drug-likeness (QED) is 0.625. The maximum Gasteiger partial charge on any atom is 0.171 e. The Balaban J connectivity index is 1.21. The van der Waals surface area contributed by atoms with Crippen LogP contribution in [0.1, 0.15) is 32.1 Å². The maximum absolute atomic E-state index is 6.26. The molecule has 130 valence electrons. The molecule has 1 saturated carbocycles. The standard InChI is InChI=1S/C17H26O6/c1-3-17(7-14-12(1)22-14)20-10-16(11-21-17)4-6-18-5-2-13-15(23-13)8-19-9-16/h12-15H,1-11H2. The van der Waals surface area contributed by atoms with Crippen LogP contribution in [-0.2, 0) is 28.4 Å². The molecule has 23 heavy (non-hydrogen) atoms. The number of hydrogen-bond donors (Lipinski definition) is 0. The number of hydrogen-bond acceptors (Lipinski definition) is 6. The Morgan fingerprint density at radius 3 is 2.39 bits per heavy atom. The third-order valence-corrected chi connectivity index (χ3v) is 5.99. The average Bonchev–Trinajstić information content (AvgIpc) is 3.45. The first-order valence-electron chi connectivity index (χ1n) is 9.00. The van der Waals surface area contributed by atoms with Gasteiger partial charge in [0.05, 0.1) is 44.7 Å². The molecule has 0 aromatic rings. The van der Waals surface area contributed by atoms with Crippen molar-refractivity contribution in [3.63, 3.8) is 0 Å². The lowest BCUT2D eigenvalue weighted by Gasteiger charge is -2.47. The summed E-state index contributed by atoms with van der Waals surface area (Å²) in [6.07, 6.45) is 6.17. The second kappa shape index (κ2) is 5.64. The monoisotopic (exact) mass is 326 g/mol. The molecule has 4 aliphatic heterocycles. The van der Waals surface area contributed by atoms with Crippen LogP contribution in [0.25, 0.3) is 0 Å². The number of ether oxygens (including phenoxy) is 6. The van der Waals surface area contributed by atoms with E-state index < -0.39 is 5.79 Å². The number of epoxide rings is 2. The van der Waals surface area contributed by atoms with Crippen LogP contribution in [0.5, 0.6) is 0 Å². The summed E-state index contributed by atoms with van der Waals surface area (Å²) in [7, 11) is 0. The lowest BCUT2D eigenvalue weighted by atomic mass is 9.84. The first-order chi connectivity index (χ1) is 11.3. The van der Waals surface area contributed by atoms with E-state index in [9.17, 15) is 0 Å². The van der Waals surface area contributed by atoms with E-state index in [4.69, 9.17) is 28.4 Å². The Kier molecular flexibility index (Phi) is 3.69. The van der Waals surface area contributed by atoms with E-state index in [-0.39, 0.29) is 11.5 Å². The zero-order chi connectivity index (χ0) is 15.3. The lowest BCUT2D eigenvalue weighted by molar-refractivity contribution is -0.320. The van der Waals surface area contributed by atoms with Crippen molar-refractivity contribution in [1.82, 2.24) is 0 Å².